The fraction of sp³-hybridized carbons (Fsp3) is 0.357. The second-order valence-corrected chi connectivity index (χ2v) is 4.66. The first-order valence-electron chi connectivity index (χ1n) is 6.12. The van der Waals surface area contributed by atoms with Crippen molar-refractivity contribution in [2.45, 2.75) is 32.0 Å². The number of nitrogens with zero attached hydrogens (tertiary/aromatic N) is 1. The molecule has 108 valence electrons. The molecule has 1 atom stereocenters. The molecule has 0 bridgehead atoms. The monoisotopic (exact) mass is 285 g/mol. The molecular weight excluding hydrogens is 271 g/mol. The maximum Gasteiger partial charge on any atom is 0.416 e. The number of hydrogen-bond donors (Lipinski definition) is 1. The molecule has 1 heterocycles. The van der Waals surface area contributed by atoms with E-state index >= 15 is 0 Å². The quantitative estimate of drug-likeness (QED) is 0.938. The van der Waals surface area contributed by atoms with Crippen LogP contribution in [0.5, 0.6) is 0 Å². The molecule has 0 aliphatic rings. The molecule has 1 N–H and O–H groups in total. The first-order chi connectivity index (χ1) is 9.34. The zero-order valence-corrected chi connectivity index (χ0v) is 10.8. The highest BCUT2D eigenvalue weighted by Crippen LogP contribution is 2.29. The topological polar surface area (TPSA) is 46.3 Å². The predicted molar refractivity (Wildman–Crippen MR) is 66.1 cm³/mol. The molecule has 3 nitrogen and oxygen atoms in total. The highest BCUT2D eigenvalue weighted by atomic mass is 19.4. The minimum absolute atomic E-state index is 0.184. The van der Waals surface area contributed by atoms with Gasteiger partial charge in [-0.25, -0.2) is 4.98 Å². The summed E-state index contributed by atoms with van der Waals surface area (Å²) in [5, 5.41) is 9.22. The lowest BCUT2D eigenvalue weighted by atomic mass is 10.1. The molecule has 1 unspecified atom stereocenters. The number of halogens is 3. The van der Waals surface area contributed by atoms with Crippen molar-refractivity contribution in [3.8, 4) is 0 Å². The van der Waals surface area contributed by atoms with Crippen LogP contribution in [-0.4, -0.2) is 16.2 Å². The number of hydrogen-bond acceptors (Lipinski definition) is 3. The maximum absolute atomic E-state index is 12.6. The van der Waals surface area contributed by atoms with Crippen molar-refractivity contribution < 1.29 is 22.7 Å². The van der Waals surface area contributed by atoms with Gasteiger partial charge in [0.2, 0.25) is 0 Å². The predicted octanol–water partition coefficient (Wildman–Crippen LogP) is 3.21. The Hall–Kier alpha value is -1.82. The van der Waals surface area contributed by atoms with Gasteiger partial charge in [-0.2, -0.15) is 13.2 Å². The third-order valence-electron chi connectivity index (χ3n) is 2.71. The first-order valence-corrected chi connectivity index (χ1v) is 6.12. The smallest absolute Gasteiger partial charge is 0.416 e. The zero-order valence-electron chi connectivity index (χ0n) is 10.8. The highest BCUT2D eigenvalue weighted by Gasteiger charge is 2.30. The van der Waals surface area contributed by atoms with E-state index < -0.39 is 17.8 Å². The third kappa shape index (κ3) is 3.84. The van der Waals surface area contributed by atoms with Crippen molar-refractivity contribution in [1.82, 2.24) is 4.98 Å². The van der Waals surface area contributed by atoms with E-state index in [-0.39, 0.29) is 6.42 Å². The number of oxazole rings is 1. The summed E-state index contributed by atoms with van der Waals surface area (Å²) in [5.74, 6) is 0.333. The van der Waals surface area contributed by atoms with E-state index in [1.54, 1.807) is 13.0 Å². The molecule has 2 aromatic rings. The van der Waals surface area contributed by atoms with Gasteiger partial charge in [-0.15, -0.1) is 0 Å². The van der Waals surface area contributed by atoms with Crippen LogP contribution in [0.1, 0.15) is 29.6 Å². The summed E-state index contributed by atoms with van der Waals surface area (Å²) in [5.41, 5.74) is 0.373. The third-order valence-corrected chi connectivity index (χ3v) is 2.71. The van der Waals surface area contributed by atoms with E-state index in [0.29, 0.717) is 23.6 Å². The van der Waals surface area contributed by atoms with Crippen LogP contribution >= 0.6 is 0 Å². The van der Waals surface area contributed by atoms with Crippen molar-refractivity contribution in [2.24, 2.45) is 0 Å². The summed E-state index contributed by atoms with van der Waals surface area (Å²) in [7, 11) is 0. The number of benzene rings is 1. The molecule has 0 radical (unpaired) electrons. The van der Waals surface area contributed by atoms with E-state index in [9.17, 15) is 18.3 Å². The molecule has 0 aliphatic carbocycles. The first kappa shape index (κ1) is 14.6. The van der Waals surface area contributed by atoms with Crippen molar-refractivity contribution in [2.75, 3.05) is 0 Å². The fourth-order valence-corrected chi connectivity index (χ4v) is 1.86. The standard InChI is InChI=1S/C14H14F3NO2/c1-9(19)5-12-8-20-13(18-12)7-10-3-2-4-11(6-10)14(15,16)17/h2-4,6,8-9,19H,5,7H2,1H3. The van der Waals surface area contributed by atoms with Gasteiger partial charge in [-0.05, 0) is 18.6 Å². The van der Waals surface area contributed by atoms with Crippen molar-refractivity contribution in [3.63, 3.8) is 0 Å². The second-order valence-electron chi connectivity index (χ2n) is 4.66. The minimum Gasteiger partial charge on any atom is -0.448 e. The zero-order chi connectivity index (χ0) is 14.8. The molecule has 1 aromatic carbocycles. The van der Waals surface area contributed by atoms with Crippen LogP contribution in [0.2, 0.25) is 0 Å². The van der Waals surface area contributed by atoms with Crippen LogP contribution in [0.3, 0.4) is 0 Å². The van der Waals surface area contributed by atoms with Gasteiger partial charge in [0.25, 0.3) is 0 Å². The van der Waals surface area contributed by atoms with Crippen molar-refractivity contribution in [1.29, 1.82) is 0 Å². The van der Waals surface area contributed by atoms with Gasteiger partial charge in [-0.1, -0.05) is 18.2 Å². The van der Waals surface area contributed by atoms with Crippen molar-refractivity contribution >= 4 is 0 Å². The van der Waals surface area contributed by atoms with E-state index in [0.717, 1.165) is 12.1 Å². The summed E-state index contributed by atoms with van der Waals surface area (Å²) in [6, 6.07) is 5.06. The van der Waals surface area contributed by atoms with Crippen LogP contribution in [0.4, 0.5) is 13.2 Å². The summed E-state index contributed by atoms with van der Waals surface area (Å²) in [6.45, 7) is 1.63. The molecule has 0 saturated carbocycles. The second kappa shape index (κ2) is 5.66. The van der Waals surface area contributed by atoms with Crippen LogP contribution in [0.25, 0.3) is 0 Å². The Labute approximate surface area is 114 Å². The maximum atomic E-state index is 12.6. The van der Waals surface area contributed by atoms with Gasteiger partial charge in [0.05, 0.1) is 17.4 Å². The minimum atomic E-state index is -4.36. The Bertz CT molecular complexity index is 576. The number of aliphatic hydroxyl groups excluding tert-OH is 1. The van der Waals surface area contributed by atoms with Gasteiger partial charge >= 0.3 is 6.18 Å². The van der Waals surface area contributed by atoms with E-state index in [1.807, 2.05) is 0 Å². The average molecular weight is 285 g/mol. The summed E-state index contributed by atoms with van der Waals surface area (Å²) >= 11 is 0. The van der Waals surface area contributed by atoms with Crippen LogP contribution in [-0.2, 0) is 19.0 Å². The fourth-order valence-electron chi connectivity index (χ4n) is 1.86. The molecule has 0 fully saturated rings. The van der Waals surface area contributed by atoms with Gasteiger partial charge in [0.15, 0.2) is 5.89 Å². The van der Waals surface area contributed by atoms with E-state index in [2.05, 4.69) is 4.98 Å². The Kier molecular flexibility index (Phi) is 4.13. The van der Waals surface area contributed by atoms with Gasteiger partial charge in [0.1, 0.15) is 6.26 Å². The number of alkyl halides is 3. The molecule has 0 aliphatic heterocycles. The average Bonchev–Trinajstić information content (AvgIpc) is 2.75. The Morgan fingerprint density at radius 1 is 1.35 bits per heavy atom. The Morgan fingerprint density at radius 3 is 2.75 bits per heavy atom. The lowest BCUT2D eigenvalue weighted by Gasteiger charge is -2.07. The molecule has 0 amide bonds. The Balaban J connectivity index is 2.12. The van der Waals surface area contributed by atoms with E-state index in [4.69, 9.17) is 4.42 Å². The summed E-state index contributed by atoms with van der Waals surface area (Å²) in [6.07, 6.45) is -2.95. The van der Waals surface area contributed by atoms with Crippen LogP contribution in [0.15, 0.2) is 34.9 Å². The molecule has 1 aromatic heterocycles. The van der Waals surface area contributed by atoms with E-state index in [1.165, 1.54) is 12.3 Å². The highest BCUT2D eigenvalue weighted by molar-refractivity contribution is 5.27. The van der Waals surface area contributed by atoms with Gasteiger partial charge in [0, 0.05) is 12.8 Å². The summed E-state index contributed by atoms with van der Waals surface area (Å²) in [4.78, 5) is 4.13. The molecule has 6 heteroatoms. The van der Waals surface area contributed by atoms with Crippen molar-refractivity contribution in [3.05, 3.63) is 53.2 Å². The SMILES string of the molecule is CC(O)Cc1coc(Cc2cccc(C(F)(F)F)c2)n1. The number of aromatic nitrogens is 1. The molecule has 0 spiro atoms. The molecular formula is C14H14F3NO2. The largest absolute Gasteiger partial charge is 0.448 e. The Morgan fingerprint density at radius 2 is 2.10 bits per heavy atom. The van der Waals surface area contributed by atoms with Gasteiger partial charge in [-0.3, -0.25) is 0 Å². The van der Waals surface area contributed by atoms with Crippen LogP contribution < -0.4 is 0 Å². The molecule has 0 saturated heterocycles. The number of aliphatic hydroxyl groups is 1. The molecule has 20 heavy (non-hydrogen) atoms. The van der Waals surface area contributed by atoms with Gasteiger partial charge < -0.3 is 9.52 Å². The normalized spacial score (nSPS) is 13.4. The lowest BCUT2D eigenvalue weighted by molar-refractivity contribution is -0.137. The summed E-state index contributed by atoms with van der Waals surface area (Å²) < 4.78 is 43.0. The molecule has 2 rings (SSSR count). The van der Waals surface area contributed by atoms with Crippen LogP contribution in [0, 0.1) is 0 Å². The number of rotatable bonds is 4. The lowest BCUT2D eigenvalue weighted by Crippen LogP contribution is -2.05.